The zero-order valence-corrected chi connectivity index (χ0v) is 27.1. The molecule has 0 bridgehead atoms. The summed E-state index contributed by atoms with van der Waals surface area (Å²) in [6.45, 7) is 5.79. The molecule has 4 aromatic rings. The van der Waals surface area contributed by atoms with Crippen LogP contribution >= 0.6 is 11.6 Å². The van der Waals surface area contributed by atoms with Gasteiger partial charge in [-0.1, -0.05) is 48.9 Å². The number of pyridine rings is 2. The predicted octanol–water partition coefficient (Wildman–Crippen LogP) is 6.89. The number of hydrogen-bond acceptors (Lipinski definition) is 7. The van der Waals surface area contributed by atoms with Gasteiger partial charge in [0.2, 0.25) is 11.8 Å². The lowest BCUT2D eigenvalue weighted by atomic mass is 9.95. The van der Waals surface area contributed by atoms with Crippen LogP contribution < -0.4 is 9.47 Å². The van der Waals surface area contributed by atoms with E-state index in [4.69, 9.17) is 31.0 Å². The molecule has 46 heavy (non-hydrogen) atoms. The normalized spacial score (nSPS) is 21.5. The van der Waals surface area contributed by atoms with E-state index >= 15 is 4.39 Å². The van der Waals surface area contributed by atoms with Gasteiger partial charge < -0.3 is 14.6 Å². The van der Waals surface area contributed by atoms with Crippen LogP contribution in [-0.4, -0.2) is 71.4 Å². The first-order chi connectivity index (χ1) is 22.3. The van der Waals surface area contributed by atoms with E-state index in [1.165, 1.54) is 11.1 Å². The number of β-amino-alcohol motifs (C(OH)–C–C–N with tert-alkyl or cyclic N) is 1. The fourth-order valence-electron chi connectivity index (χ4n) is 8.10. The molecule has 9 heteroatoms. The van der Waals surface area contributed by atoms with Crippen LogP contribution in [0.3, 0.4) is 0 Å². The summed E-state index contributed by atoms with van der Waals surface area (Å²) < 4.78 is 28.1. The molecule has 0 spiro atoms. The van der Waals surface area contributed by atoms with Crippen LogP contribution in [-0.2, 0) is 12.8 Å². The lowest BCUT2D eigenvalue weighted by Crippen LogP contribution is -2.51. The number of aliphatic hydroxyl groups is 1. The Morgan fingerprint density at radius 1 is 0.761 bits per heavy atom. The molecular weight excluding hydrogens is 603 g/mol. The first kappa shape index (κ1) is 29.8. The maximum Gasteiger partial charge on any atom is 0.218 e. The summed E-state index contributed by atoms with van der Waals surface area (Å²) in [5.41, 5.74) is 7.98. The number of aromatic nitrogens is 2. The van der Waals surface area contributed by atoms with Crippen molar-refractivity contribution in [2.45, 2.75) is 50.8 Å². The summed E-state index contributed by atoms with van der Waals surface area (Å²) in [7, 11) is 3.29. The maximum atomic E-state index is 16.5. The number of halogens is 2. The third-order valence-electron chi connectivity index (χ3n) is 10.3. The van der Waals surface area contributed by atoms with E-state index in [1.54, 1.807) is 26.4 Å². The average Bonchev–Trinajstić information content (AvgIpc) is 3.65. The molecular formula is C37H38ClFN4O3. The smallest absolute Gasteiger partial charge is 0.218 e. The third kappa shape index (κ3) is 4.80. The van der Waals surface area contributed by atoms with Crippen molar-refractivity contribution in [2.75, 3.05) is 40.4 Å². The number of fused-ring (bicyclic) bond motifs is 2. The minimum absolute atomic E-state index is 0.157. The van der Waals surface area contributed by atoms with Crippen molar-refractivity contribution >= 4 is 11.6 Å². The van der Waals surface area contributed by atoms with Crippen molar-refractivity contribution in [1.82, 2.24) is 19.8 Å². The molecule has 2 aliphatic heterocycles. The number of benzene rings is 2. The van der Waals surface area contributed by atoms with E-state index in [9.17, 15) is 5.11 Å². The molecule has 8 rings (SSSR count). The van der Waals surface area contributed by atoms with Gasteiger partial charge in [-0.05, 0) is 60.9 Å². The first-order valence-corrected chi connectivity index (χ1v) is 16.6. The Morgan fingerprint density at radius 3 is 1.80 bits per heavy atom. The van der Waals surface area contributed by atoms with Gasteiger partial charge in [0.15, 0.2) is 0 Å². The van der Waals surface area contributed by atoms with E-state index in [0.29, 0.717) is 58.3 Å². The number of nitrogens with zero attached hydrogens (tertiary/aromatic N) is 4. The molecule has 0 saturated carbocycles. The second-order valence-electron chi connectivity index (χ2n) is 13.3. The zero-order chi connectivity index (χ0) is 31.7. The number of rotatable bonds is 7. The molecule has 7 nitrogen and oxygen atoms in total. The molecule has 238 valence electrons. The summed E-state index contributed by atoms with van der Waals surface area (Å²) in [6.07, 6.45) is 3.51. The van der Waals surface area contributed by atoms with Crippen LogP contribution in [0.4, 0.5) is 4.39 Å². The van der Waals surface area contributed by atoms with Gasteiger partial charge in [-0.3, -0.25) is 9.80 Å². The van der Waals surface area contributed by atoms with Crippen LogP contribution in [0.2, 0.25) is 5.02 Å². The molecule has 1 N–H and O–H groups in total. The van der Waals surface area contributed by atoms with Crippen molar-refractivity contribution in [3.8, 4) is 45.4 Å². The molecule has 2 aliphatic carbocycles. The highest BCUT2D eigenvalue weighted by molar-refractivity contribution is 6.36. The van der Waals surface area contributed by atoms with Crippen molar-refractivity contribution in [1.29, 1.82) is 0 Å². The van der Waals surface area contributed by atoms with Crippen LogP contribution in [0, 0.1) is 11.7 Å². The molecule has 0 unspecified atom stereocenters. The summed E-state index contributed by atoms with van der Waals surface area (Å²) in [5, 5.41) is 10.3. The Bertz CT molecular complexity index is 1710. The van der Waals surface area contributed by atoms with Crippen molar-refractivity contribution < 1.29 is 19.0 Å². The molecule has 2 fully saturated rings. The first-order valence-electron chi connectivity index (χ1n) is 16.2. The third-order valence-corrected chi connectivity index (χ3v) is 10.8. The Morgan fingerprint density at radius 2 is 1.26 bits per heavy atom. The van der Waals surface area contributed by atoms with E-state index < -0.39 is 0 Å². The molecule has 4 aliphatic rings. The second kappa shape index (κ2) is 11.6. The number of hydrogen-bond donors (Lipinski definition) is 1. The zero-order valence-electron chi connectivity index (χ0n) is 26.4. The average molecular weight is 641 g/mol. The molecule has 2 saturated heterocycles. The fourth-order valence-corrected chi connectivity index (χ4v) is 8.43. The minimum Gasteiger partial charge on any atom is -0.481 e. The SMILES string of the molecule is COc1nc(-c2cccc(-c3cccc(-c4cc5c(c(OC)n4)[C@@H](N4CC(C)C4)CC5)c3Cl)c2F)cc2c1[C@H](N1CC(O)C1)CC2. The predicted molar refractivity (Wildman–Crippen MR) is 177 cm³/mol. The Balaban J connectivity index is 1.15. The van der Waals surface area contributed by atoms with Gasteiger partial charge in [0, 0.05) is 71.6 Å². The van der Waals surface area contributed by atoms with E-state index in [0.717, 1.165) is 67.1 Å². The van der Waals surface area contributed by atoms with Gasteiger partial charge in [-0.2, -0.15) is 0 Å². The quantitative estimate of drug-likeness (QED) is 0.236. The second-order valence-corrected chi connectivity index (χ2v) is 13.7. The largest absolute Gasteiger partial charge is 0.481 e. The number of methoxy groups -OCH3 is 2. The molecule has 4 heterocycles. The van der Waals surface area contributed by atoms with Crippen LogP contribution in [0.5, 0.6) is 11.8 Å². The molecule has 0 radical (unpaired) electrons. The molecule has 0 amide bonds. The lowest BCUT2D eigenvalue weighted by molar-refractivity contribution is -0.0256. The summed E-state index contributed by atoms with van der Waals surface area (Å²) in [4.78, 5) is 14.5. The highest BCUT2D eigenvalue weighted by atomic mass is 35.5. The van der Waals surface area contributed by atoms with Crippen molar-refractivity contribution in [3.63, 3.8) is 0 Å². The van der Waals surface area contributed by atoms with Crippen molar-refractivity contribution in [3.05, 3.63) is 81.6 Å². The van der Waals surface area contributed by atoms with E-state index in [1.807, 2.05) is 30.3 Å². The summed E-state index contributed by atoms with van der Waals surface area (Å²) in [6, 6.07) is 15.7. The van der Waals surface area contributed by atoms with Crippen LogP contribution in [0.25, 0.3) is 33.6 Å². The summed E-state index contributed by atoms with van der Waals surface area (Å²) in [5.74, 6) is 1.50. The highest BCUT2D eigenvalue weighted by Gasteiger charge is 2.39. The fraction of sp³-hybridized carbons (Fsp3) is 0.405. The maximum absolute atomic E-state index is 16.5. The van der Waals surface area contributed by atoms with Crippen LogP contribution in [0.1, 0.15) is 54.1 Å². The van der Waals surface area contributed by atoms with Gasteiger partial charge in [-0.25, -0.2) is 14.4 Å². The number of aliphatic hydroxyl groups excluding tert-OH is 1. The highest BCUT2D eigenvalue weighted by Crippen LogP contribution is 2.47. The molecule has 2 atom stereocenters. The lowest BCUT2D eigenvalue weighted by Gasteiger charge is -2.42. The number of aryl methyl sites for hydroxylation is 2. The van der Waals surface area contributed by atoms with Gasteiger partial charge in [0.1, 0.15) is 5.82 Å². The Labute approximate surface area is 274 Å². The van der Waals surface area contributed by atoms with Crippen LogP contribution in [0.15, 0.2) is 48.5 Å². The van der Waals surface area contributed by atoms with Gasteiger partial charge in [-0.15, -0.1) is 0 Å². The Kier molecular flexibility index (Phi) is 7.52. The minimum atomic E-state index is -0.387. The van der Waals surface area contributed by atoms with Crippen molar-refractivity contribution in [2.24, 2.45) is 5.92 Å². The molecule has 2 aromatic carbocycles. The summed E-state index contributed by atoms with van der Waals surface area (Å²) >= 11 is 7.11. The van der Waals surface area contributed by atoms with E-state index in [2.05, 4.69) is 22.8 Å². The number of likely N-dealkylation sites (tertiary alicyclic amines) is 2. The standard InChI is InChI=1S/C37H38ClFN4O3/c1-20-16-42(17-20)30-12-10-21-14-28(40-36(45-2)32(21)30)26-8-4-6-24(34(26)38)25-7-5-9-27(35(25)39)29-15-22-11-13-31(43-18-23(44)19-43)33(22)37(41-29)46-3/h4-9,14-15,20,23,30-31,44H,10-13,16-19H2,1-3H3/t30-,31+/m0/s1. The Hall–Kier alpha value is -3.56. The molecule has 2 aromatic heterocycles. The van der Waals surface area contributed by atoms with E-state index in [-0.39, 0.29) is 18.0 Å². The monoisotopic (exact) mass is 640 g/mol. The topological polar surface area (TPSA) is 71.0 Å². The number of ether oxygens (including phenoxy) is 2. The van der Waals surface area contributed by atoms with Gasteiger partial charge in [0.05, 0.1) is 36.7 Å². The van der Waals surface area contributed by atoms with Gasteiger partial charge in [0.25, 0.3) is 0 Å². The van der Waals surface area contributed by atoms with Gasteiger partial charge >= 0.3 is 0 Å².